The van der Waals surface area contributed by atoms with E-state index in [9.17, 15) is 18.4 Å². The molecule has 142 valence electrons. The minimum atomic E-state index is -0.836. The van der Waals surface area contributed by atoms with E-state index < -0.39 is 17.6 Å². The van der Waals surface area contributed by atoms with E-state index in [0.717, 1.165) is 6.07 Å². The molecule has 1 unspecified atom stereocenters. The van der Waals surface area contributed by atoms with Crippen molar-refractivity contribution in [3.05, 3.63) is 54.1 Å². The quantitative estimate of drug-likeness (QED) is 0.811. The molecule has 2 amide bonds. The van der Waals surface area contributed by atoms with Gasteiger partial charge in [0.05, 0.1) is 11.6 Å². The van der Waals surface area contributed by atoms with Gasteiger partial charge in [0, 0.05) is 31.3 Å². The summed E-state index contributed by atoms with van der Waals surface area (Å²) in [5.74, 6) is -2.29. The molecular weight excluding hydrogens is 356 g/mol. The second kappa shape index (κ2) is 8.13. The first-order chi connectivity index (χ1) is 13.0. The predicted molar refractivity (Wildman–Crippen MR) is 96.4 cm³/mol. The van der Waals surface area contributed by atoms with E-state index in [1.165, 1.54) is 11.0 Å². The highest BCUT2D eigenvalue weighted by Crippen LogP contribution is 2.28. The SMILES string of the molecule is NCCOc1ccc(NC(=O)C2CC(=O)N(c3ccc(F)cc3F)C2)cc1. The van der Waals surface area contributed by atoms with Crippen LogP contribution >= 0.6 is 0 Å². The smallest absolute Gasteiger partial charge is 0.229 e. The molecule has 1 heterocycles. The van der Waals surface area contributed by atoms with Crippen LogP contribution in [0, 0.1) is 17.6 Å². The van der Waals surface area contributed by atoms with Crippen molar-refractivity contribution in [3.63, 3.8) is 0 Å². The number of carbonyl (C=O) groups is 2. The first-order valence-corrected chi connectivity index (χ1v) is 8.47. The van der Waals surface area contributed by atoms with E-state index in [1.54, 1.807) is 24.3 Å². The summed E-state index contributed by atoms with van der Waals surface area (Å²) in [7, 11) is 0. The van der Waals surface area contributed by atoms with Gasteiger partial charge in [-0.2, -0.15) is 0 Å². The monoisotopic (exact) mass is 375 g/mol. The van der Waals surface area contributed by atoms with E-state index in [-0.39, 0.29) is 30.5 Å². The Kier molecular flexibility index (Phi) is 5.66. The summed E-state index contributed by atoms with van der Waals surface area (Å²) in [6.07, 6.45) is -0.0413. The van der Waals surface area contributed by atoms with Gasteiger partial charge in [0.25, 0.3) is 0 Å². The van der Waals surface area contributed by atoms with Crippen molar-refractivity contribution in [1.29, 1.82) is 0 Å². The van der Waals surface area contributed by atoms with E-state index in [1.807, 2.05) is 0 Å². The summed E-state index contributed by atoms with van der Waals surface area (Å²) in [4.78, 5) is 25.8. The molecule has 0 spiro atoms. The van der Waals surface area contributed by atoms with Crippen LogP contribution in [0.25, 0.3) is 0 Å². The number of halogens is 2. The molecule has 1 fully saturated rings. The fourth-order valence-corrected chi connectivity index (χ4v) is 2.87. The molecule has 2 aromatic rings. The molecule has 0 aliphatic carbocycles. The highest BCUT2D eigenvalue weighted by atomic mass is 19.1. The van der Waals surface area contributed by atoms with Crippen LogP contribution in [0.5, 0.6) is 5.75 Å². The fourth-order valence-electron chi connectivity index (χ4n) is 2.87. The maximum atomic E-state index is 13.9. The number of hydrogen-bond acceptors (Lipinski definition) is 4. The van der Waals surface area contributed by atoms with Crippen LogP contribution in [-0.2, 0) is 9.59 Å². The van der Waals surface area contributed by atoms with Crippen molar-refractivity contribution in [2.24, 2.45) is 11.7 Å². The number of ether oxygens (including phenoxy) is 1. The van der Waals surface area contributed by atoms with Crippen molar-refractivity contribution in [2.45, 2.75) is 6.42 Å². The normalized spacial score (nSPS) is 16.5. The molecule has 0 radical (unpaired) electrons. The van der Waals surface area contributed by atoms with Gasteiger partial charge in [-0.05, 0) is 36.4 Å². The van der Waals surface area contributed by atoms with Gasteiger partial charge in [-0.15, -0.1) is 0 Å². The minimum Gasteiger partial charge on any atom is -0.492 e. The number of anilines is 2. The lowest BCUT2D eigenvalue weighted by molar-refractivity contribution is -0.122. The van der Waals surface area contributed by atoms with Crippen molar-refractivity contribution < 1.29 is 23.1 Å². The van der Waals surface area contributed by atoms with Gasteiger partial charge >= 0.3 is 0 Å². The van der Waals surface area contributed by atoms with Crippen LogP contribution in [0.1, 0.15) is 6.42 Å². The van der Waals surface area contributed by atoms with Crippen LogP contribution < -0.4 is 20.7 Å². The molecule has 3 N–H and O–H groups in total. The summed E-state index contributed by atoms with van der Waals surface area (Å²) < 4.78 is 32.3. The third-order valence-corrected chi connectivity index (χ3v) is 4.20. The number of hydrogen-bond donors (Lipinski definition) is 2. The number of nitrogens with one attached hydrogen (secondary N) is 1. The van der Waals surface area contributed by atoms with Crippen LogP contribution in [0.3, 0.4) is 0 Å². The molecule has 6 nitrogen and oxygen atoms in total. The maximum Gasteiger partial charge on any atom is 0.229 e. The first kappa shape index (κ1) is 18.8. The van der Waals surface area contributed by atoms with E-state index in [4.69, 9.17) is 10.5 Å². The number of benzene rings is 2. The molecule has 0 saturated carbocycles. The molecule has 0 bridgehead atoms. The Morgan fingerprint density at radius 1 is 1.22 bits per heavy atom. The predicted octanol–water partition coefficient (Wildman–Crippen LogP) is 2.29. The minimum absolute atomic E-state index is 0.0295. The third-order valence-electron chi connectivity index (χ3n) is 4.20. The zero-order chi connectivity index (χ0) is 19.4. The Labute approximate surface area is 154 Å². The van der Waals surface area contributed by atoms with Gasteiger partial charge < -0.3 is 20.7 Å². The molecule has 0 aromatic heterocycles. The second-order valence-electron chi connectivity index (χ2n) is 6.15. The van der Waals surface area contributed by atoms with E-state index >= 15 is 0 Å². The molecular formula is C19H19F2N3O3. The van der Waals surface area contributed by atoms with Crippen molar-refractivity contribution in [2.75, 3.05) is 29.9 Å². The van der Waals surface area contributed by atoms with E-state index in [0.29, 0.717) is 30.7 Å². The molecule has 27 heavy (non-hydrogen) atoms. The van der Waals surface area contributed by atoms with E-state index in [2.05, 4.69) is 5.32 Å². The average molecular weight is 375 g/mol. The Hall–Kier alpha value is -3.00. The van der Waals surface area contributed by atoms with Gasteiger partial charge in [0.1, 0.15) is 24.0 Å². The zero-order valence-electron chi connectivity index (χ0n) is 14.5. The van der Waals surface area contributed by atoms with Crippen LogP contribution in [0.15, 0.2) is 42.5 Å². The van der Waals surface area contributed by atoms with Gasteiger partial charge in [-0.1, -0.05) is 0 Å². The molecule has 8 heteroatoms. The molecule has 3 rings (SSSR count). The number of nitrogens with zero attached hydrogens (tertiary/aromatic N) is 1. The zero-order valence-corrected chi connectivity index (χ0v) is 14.5. The van der Waals surface area contributed by atoms with Crippen LogP contribution in [-0.4, -0.2) is 31.5 Å². The largest absolute Gasteiger partial charge is 0.492 e. The summed E-state index contributed by atoms with van der Waals surface area (Å²) in [6.45, 7) is 0.829. The Balaban J connectivity index is 1.63. The lowest BCUT2D eigenvalue weighted by atomic mass is 10.1. The molecule has 1 saturated heterocycles. The highest BCUT2D eigenvalue weighted by molar-refractivity contribution is 6.03. The molecule has 2 aromatic carbocycles. The lowest BCUT2D eigenvalue weighted by Crippen LogP contribution is -2.28. The van der Waals surface area contributed by atoms with Gasteiger partial charge in [-0.25, -0.2) is 8.78 Å². The molecule has 1 atom stereocenters. The van der Waals surface area contributed by atoms with Crippen molar-refractivity contribution >= 4 is 23.2 Å². The van der Waals surface area contributed by atoms with Gasteiger partial charge in [-0.3, -0.25) is 9.59 Å². The number of carbonyl (C=O) groups excluding carboxylic acids is 2. The van der Waals surface area contributed by atoms with Crippen LogP contribution in [0.4, 0.5) is 20.2 Å². The topological polar surface area (TPSA) is 84.7 Å². The summed E-state index contributed by atoms with van der Waals surface area (Å²) >= 11 is 0. The maximum absolute atomic E-state index is 13.9. The molecule has 1 aliphatic heterocycles. The Morgan fingerprint density at radius 3 is 2.63 bits per heavy atom. The van der Waals surface area contributed by atoms with Crippen molar-refractivity contribution in [3.8, 4) is 5.75 Å². The standard InChI is InChI=1S/C19H19F2N3O3/c20-13-1-6-17(16(21)10-13)24-11-12(9-18(24)25)19(26)23-14-2-4-15(5-3-14)27-8-7-22/h1-6,10,12H,7-9,11,22H2,(H,23,26). The Bertz CT molecular complexity index is 843. The number of rotatable bonds is 6. The lowest BCUT2D eigenvalue weighted by Gasteiger charge is -2.17. The summed E-state index contributed by atoms with van der Waals surface area (Å²) in [6, 6.07) is 9.74. The van der Waals surface area contributed by atoms with Crippen LogP contribution in [0.2, 0.25) is 0 Å². The second-order valence-corrected chi connectivity index (χ2v) is 6.15. The Morgan fingerprint density at radius 2 is 1.96 bits per heavy atom. The van der Waals surface area contributed by atoms with Gasteiger partial charge in [0.15, 0.2) is 0 Å². The molecule has 1 aliphatic rings. The summed E-state index contributed by atoms with van der Waals surface area (Å²) in [5.41, 5.74) is 5.89. The fraction of sp³-hybridized carbons (Fsp3) is 0.263. The third kappa shape index (κ3) is 4.40. The first-order valence-electron chi connectivity index (χ1n) is 8.47. The number of nitrogens with two attached hydrogens (primary N) is 1. The average Bonchev–Trinajstić information content (AvgIpc) is 3.03. The number of amides is 2. The van der Waals surface area contributed by atoms with Gasteiger partial charge in [0.2, 0.25) is 11.8 Å². The summed E-state index contributed by atoms with van der Waals surface area (Å²) in [5, 5.41) is 2.73. The van der Waals surface area contributed by atoms with Crippen molar-refractivity contribution in [1.82, 2.24) is 0 Å². The highest BCUT2D eigenvalue weighted by Gasteiger charge is 2.36.